The first kappa shape index (κ1) is 19.9. The summed E-state index contributed by atoms with van der Waals surface area (Å²) >= 11 is 7.44. The monoisotopic (exact) mass is 406 g/mol. The number of nitrogens with zero attached hydrogens (tertiary/aromatic N) is 4. The molecule has 2 aromatic heterocycles. The molecule has 1 aromatic carbocycles. The van der Waals surface area contributed by atoms with E-state index in [-0.39, 0.29) is 11.5 Å². The summed E-state index contributed by atoms with van der Waals surface area (Å²) in [5, 5.41) is 6.00. The molecule has 0 saturated carbocycles. The predicted octanol–water partition coefficient (Wildman–Crippen LogP) is 3.58. The van der Waals surface area contributed by atoms with Gasteiger partial charge in [-0.1, -0.05) is 48.9 Å². The van der Waals surface area contributed by atoms with E-state index in [4.69, 9.17) is 16.3 Å². The highest BCUT2D eigenvalue weighted by molar-refractivity contribution is 7.16. The van der Waals surface area contributed by atoms with Crippen LogP contribution in [0.3, 0.4) is 0 Å². The molecule has 0 atom stereocenters. The minimum atomic E-state index is -0.142. The molecule has 0 saturated heterocycles. The Morgan fingerprint density at radius 1 is 1.26 bits per heavy atom. The summed E-state index contributed by atoms with van der Waals surface area (Å²) in [5.74, 6) is 0.266. The number of benzene rings is 1. The summed E-state index contributed by atoms with van der Waals surface area (Å²) in [5.41, 5.74) is 1.74. The Morgan fingerprint density at radius 2 is 2.00 bits per heavy atom. The molecule has 0 aliphatic carbocycles. The van der Waals surface area contributed by atoms with E-state index in [1.54, 1.807) is 13.2 Å². The minimum Gasteiger partial charge on any atom is -0.383 e. The largest absolute Gasteiger partial charge is 0.383 e. The van der Waals surface area contributed by atoms with E-state index in [1.165, 1.54) is 15.9 Å². The van der Waals surface area contributed by atoms with E-state index in [0.29, 0.717) is 23.1 Å². The summed E-state index contributed by atoms with van der Waals surface area (Å²) in [6.45, 7) is 6.74. The summed E-state index contributed by atoms with van der Waals surface area (Å²) in [7, 11) is 1.68. The molecule has 2 heterocycles. The average Bonchev–Trinajstić information content (AvgIpc) is 3.07. The summed E-state index contributed by atoms with van der Waals surface area (Å²) in [6.07, 6.45) is 0. The van der Waals surface area contributed by atoms with E-state index >= 15 is 0 Å². The molecule has 3 rings (SSSR count). The van der Waals surface area contributed by atoms with Gasteiger partial charge in [0.1, 0.15) is 5.01 Å². The van der Waals surface area contributed by atoms with E-state index in [1.807, 2.05) is 24.3 Å². The summed E-state index contributed by atoms with van der Waals surface area (Å²) in [6, 6.07) is 9.34. The van der Waals surface area contributed by atoms with Crippen molar-refractivity contribution in [3.05, 3.63) is 62.0 Å². The van der Waals surface area contributed by atoms with Crippen LogP contribution in [0.5, 0.6) is 0 Å². The SMILES string of the molecule is COCCN(Cc1ccc(Cl)cc1)Cc1cc(=O)n2nc(C(C)C)sc2n1. The van der Waals surface area contributed by atoms with Crippen LogP contribution < -0.4 is 5.56 Å². The molecule has 0 fully saturated rings. The highest BCUT2D eigenvalue weighted by atomic mass is 35.5. The topological polar surface area (TPSA) is 59.7 Å². The normalized spacial score (nSPS) is 11.8. The smallest absolute Gasteiger partial charge is 0.275 e. The van der Waals surface area contributed by atoms with Crippen molar-refractivity contribution in [2.45, 2.75) is 32.9 Å². The second kappa shape index (κ2) is 8.93. The lowest BCUT2D eigenvalue weighted by Crippen LogP contribution is -2.28. The van der Waals surface area contributed by atoms with Crippen LogP contribution in [0.1, 0.15) is 36.0 Å². The first-order valence-corrected chi connectivity index (χ1v) is 10.0. The molecular weight excluding hydrogens is 384 g/mol. The van der Waals surface area contributed by atoms with Gasteiger partial charge in [0, 0.05) is 43.8 Å². The molecule has 0 radical (unpaired) electrons. The van der Waals surface area contributed by atoms with Crippen LogP contribution in [0, 0.1) is 0 Å². The Kier molecular flexibility index (Phi) is 6.59. The lowest BCUT2D eigenvalue weighted by atomic mass is 10.2. The molecule has 0 N–H and O–H groups in total. The van der Waals surface area contributed by atoms with Crippen molar-refractivity contribution >= 4 is 27.9 Å². The maximum absolute atomic E-state index is 12.4. The van der Waals surface area contributed by atoms with E-state index in [0.717, 1.165) is 29.4 Å². The molecule has 0 spiro atoms. The summed E-state index contributed by atoms with van der Waals surface area (Å²) < 4.78 is 6.62. The van der Waals surface area contributed by atoms with Gasteiger partial charge in [-0.2, -0.15) is 9.61 Å². The predicted molar refractivity (Wildman–Crippen MR) is 109 cm³/mol. The minimum absolute atomic E-state index is 0.142. The number of ether oxygens (including phenoxy) is 1. The van der Waals surface area contributed by atoms with Gasteiger partial charge in [0.05, 0.1) is 12.3 Å². The molecule has 6 nitrogen and oxygen atoms in total. The van der Waals surface area contributed by atoms with Gasteiger partial charge in [0.2, 0.25) is 4.96 Å². The fourth-order valence-corrected chi connectivity index (χ4v) is 3.75. The first-order chi connectivity index (χ1) is 13.0. The fourth-order valence-electron chi connectivity index (χ4n) is 2.70. The molecule has 0 amide bonds. The molecule has 27 heavy (non-hydrogen) atoms. The third kappa shape index (κ3) is 5.13. The second-order valence-electron chi connectivity index (χ2n) is 6.71. The van der Waals surface area contributed by atoms with Gasteiger partial charge in [0.25, 0.3) is 5.56 Å². The lowest BCUT2D eigenvalue weighted by molar-refractivity contribution is 0.139. The van der Waals surface area contributed by atoms with E-state index < -0.39 is 0 Å². The van der Waals surface area contributed by atoms with Crippen LogP contribution in [0.25, 0.3) is 4.96 Å². The lowest BCUT2D eigenvalue weighted by Gasteiger charge is -2.21. The number of hydrogen-bond donors (Lipinski definition) is 0. The molecule has 0 unspecified atom stereocenters. The van der Waals surface area contributed by atoms with Crippen molar-refractivity contribution in [2.24, 2.45) is 0 Å². The zero-order valence-electron chi connectivity index (χ0n) is 15.7. The molecule has 3 aromatic rings. The fraction of sp³-hybridized carbons (Fsp3) is 0.421. The number of hydrogen-bond acceptors (Lipinski definition) is 6. The van der Waals surface area contributed by atoms with Gasteiger partial charge in [-0.15, -0.1) is 0 Å². The quantitative estimate of drug-likeness (QED) is 0.572. The Balaban J connectivity index is 1.83. The van der Waals surface area contributed by atoms with Crippen LogP contribution >= 0.6 is 22.9 Å². The van der Waals surface area contributed by atoms with E-state index in [2.05, 4.69) is 28.8 Å². The highest BCUT2D eigenvalue weighted by Crippen LogP contribution is 2.20. The van der Waals surface area contributed by atoms with Crippen molar-refractivity contribution in [3.63, 3.8) is 0 Å². The van der Waals surface area contributed by atoms with Gasteiger partial charge in [-0.05, 0) is 17.7 Å². The second-order valence-corrected chi connectivity index (χ2v) is 8.13. The first-order valence-electron chi connectivity index (χ1n) is 8.81. The van der Waals surface area contributed by atoms with Gasteiger partial charge < -0.3 is 4.74 Å². The van der Waals surface area contributed by atoms with Crippen molar-refractivity contribution in [1.82, 2.24) is 19.5 Å². The van der Waals surface area contributed by atoms with Crippen molar-refractivity contribution in [1.29, 1.82) is 0 Å². The maximum atomic E-state index is 12.4. The average molecular weight is 407 g/mol. The molecule has 0 aliphatic rings. The van der Waals surface area contributed by atoms with Crippen LogP contribution in [-0.4, -0.2) is 39.8 Å². The Morgan fingerprint density at radius 3 is 2.67 bits per heavy atom. The molecule has 0 aliphatic heterocycles. The van der Waals surface area contributed by atoms with Crippen molar-refractivity contribution in [3.8, 4) is 0 Å². The van der Waals surface area contributed by atoms with Gasteiger partial charge in [0.15, 0.2) is 0 Å². The van der Waals surface area contributed by atoms with Crippen LogP contribution in [-0.2, 0) is 17.8 Å². The Hall–Kier alpha value is -1.80. The number of fused-ring (bicyclic) bond motifs is 1. The van der Waals surface area contributed by atoms with Crippen LogP contribution in [0.4, 0.5) is 0 Å². The number of halogens is 1. The third-order valence-electron chi connectivity index (χ3n) is 4.12. The Labute approximate surface area is 167 Å². The zero-order chi connectivity index (χ0) is 19.4. The van der Waals surface area contributed by atoms with Gasteiger partial charge >= 0.3 is 0 Å². The highest BCUT2D eigenvalue weighted by Gasteiger charge is 2.14. The van der Waals surface area contributed by atoms with Crippen LogP contribution in [0.15, 0.2) is 35.1 Å². The Bertz CT molecular complexity index is 952. The number of methoxy groups -OCH3 is 1. The standard InChI is InChI=1S/C19H23ClN4O2S/c1-13(2)18-22-24-17(25)10-16(21-19(24)27-18)12-23(8-9-26-3)11-14-4-6-15(20)7-5-14/h4-7,10,13H,8-9,11-12H2,1-3H3. The van der Waals surface area contributed by atoms with Crippen molar-refractivity contribution < 1.29 is 4.74 Å². The molecule has 144 valence electrons. The van der Waals surface area contributed by atoms with Gasteiger partial charge in [-0.25, -0.2) is 4.98 Å². The zero-order valence-corrected chi connectivity index (χ0v) is 17.3. The number of aromatic nitrogens is 3. The van der Waals surface area contributed by atoms with E-state index in [9.17, 15) is 4.79 Å². The molecule has 8 heteroatoms. The third-order valence-corrected chi connectivity index (χ3v) is 5.59. The van der Waals surface area contributed by atoms with Crippen molar-refractivity contribution in [2.75, 3.05) is 20.3 Å². The van der Waals surface area contributed by atoms with Crippen LogP contribution in [0.2, 0.25) is 5.02 Å². The molecule has 0 bridgehead atoms. The molecular formula is C19H23ClN4O2S. The van der Waals surface area contributed by atoms with Gasteiger partial charge in [-0.3, -0.25) is 9.69 Å². The maximum Gasteiger partial charge on any atom is 0.275 e. The summed E-state index contributed by atoms with van der Waals surface area (Å²) in [4.78, 5) is 19.9. The number of rotatable bonds is 8.